The molecule has 0 spiro atoms. The lowest BCUT2D eigenvalue weighted by atomic mass is 10.1. The van der Waals surface area contributed by atoms with E-state index < -0.39 is 10.8 Å². The summed E-state index contributed by atoms with van der Waals surface area (Å²) in [5, 5.41) is 17.4. The van der Waals surface area contributed by atoms with Crippen molar-refractivity contribution in [1.82, 2.24) is 9.78 Å². The molecule has 2 aromatic rings. The van der Waals surface area contributed by atoms with Crippen molar-refractivity contribution in [3.8, 4) is 0 Å². The van der Waals surface area contributed by atoms with Crippen LogP contribution in [0.25, 0.3) is 0 Å². The van der Waals surface area contributed by atoms with E-state index in [0.29, 0.717) is 5.69 Å². The maximum absolute atomic E-state index is 12.1. The van der Waals surface area contributed by atoms with Crippen LogP contribution in [0.3, 0.4) is 0 Å². The fourth-order valence-corrected chi connectivity index (χ4v) is 1.82. The Labute approximate surface area is 115 Å². The minimum atomic E-state index is -0.620. The summed E-state index contributed by atoms with van der Waals surface area (Å²) in [4.78, 5) is 22.4. The molecule has 1 aromatic carbocycles. The van der Waals surface area contributed by atoms with E-state index in [1.165, 1.54) is 17.9 Å². The van der Waals surface area contributed by atoms with Crippen LogP contribution in [0.2, 0.25) is 0 Å². The van der Waals surface area contributed by atoms with E-state index in [9.17, 15) is 14.9 Å². The standard InChI is InChI=1S/C13H14N4O3/c1-8-4-5-9(2)10(6-8)14-13(18)12-11(17(19)20)7-16(3)15-12/h4-7H,1-3H3,(H,14,18). The lowest BCUT2D eigenvalue weighted by molar-refractivity contribution is -0.385. The summed E-state index contributed by atoms with van der Waals surface area (Å²) in [6.07, 6.45) is 1.21. The summed E-state index contributed by atoms with van der Waals surface area (Å²) in [5.41, 5.74) is 1.98. The van der Waals surface area contributed by atoms with Crippen molar-refractivity contribution in [1.29, 1.82) is 0 Å². The molecule has 1 aromatic heterocycles. The minimum absolute atomic E-state index is 0.196. The van der Waals surface area contributed by atoms with E-state index in [4.69, 9.17) is 0 Å². The highest BCUT2D eigenvalue weighted by Gasteiger charge is 2.25. The van der Waals surface area contributed by atoms with E-state index in [-0.39, 0.29) is 11.4 Å². The van der Waals surface area contributed by atoms with E-state index in [1.807, 2.05) is 32.0 Å². The predicted molar refractivity (Wildman–Crippen MR) is 73.7 cm³/mol. The Hall–Kier alpha value is -2.70. The van der Waals surface area contributed by atoms with Gasteiger partial charge in [-0.15, -0.1) is 0 Å². The number of aryl methyl sites for hydroxylation is 3. The molecule has 0 saturated heterocycles. The number of nitrogens with one attached hydrogen (secondary N) is 1. The van der Waals surface area contributed by atoms with Crippen LogP contribution in [0, 0.1) is 24.0 Å². The average molecular weight is 274 g/mol. The molecular weight excluding hydrogens is 260 g/mol. The monoisotopic (exact) mass is 274 g/mol. The smallest absolute Gasteiger partial charge is 0.320 e. The summed E-state index contributed by atoms with van der Waals surface area (Å²) in [6.45, 7) is 3.75. The Morgan fingerprint density at radius 1 is 1.40 bits per heavy atom. The fourth-order valence-electron chi connectivity index (χ4n) is 1.82. The molecule has 0 aliphatic carbocycles. The van der Waals surface area contributed by atoms with Crippen LogP contribution in [-0.2, 0) is 7.05 Å². The second-order valence-corrected chi connectivity index (χ2v) is 4.57. The topological polar surface area (TPSA) is 90.1 Å². The first-order chi connectivity index (χ1) is 9.38. The van der Waals surface area contributed by atoms with Crippen molar-refractivity contribution < 1.29 is 9.72 Å². The molecule has 0 bridgehead atoms. The van der Waals surface area contributed by atoms with Gasteiger partial charge in [-0.25, -0.2) is 0 Å². The van der Waals surface area contributed by atoms with Gasteiger partial charge in [0.25, 0.3) is 5.91 Å². The molecule has 2 rings (SSSR count). The molecule has 0 unspecified atom stereocenters. The molecule has 1 heterocycles. The van der Waals surface area contributed by atoms with Gasteiger partial charge < -0.3 is 5.32 Å². The van der Waals surface area contributed by atoms with E-state index in [1.54, 1.807) is 0 Å². The summed E-state index contributed by atoms with van der Waals surface area (Å²) in [5.74, 6) is -0.592. The number of nitrogens with zero attached hydrogens (tertiary/aromatic N) is 3. The van der Waals surface area contributed by atoms with Gasteiger partial charge in [0.05, 0.1) is 4.92 Å². The maximum Gasteiger partial charge on any atom is 0.320 e. The van der Waals surface area contributed by atoms with Crippen molar-refractivity contribution >= 4 is 17.3 Å². The number of carbonyl (C=O) groups excluding carboxylic acids is 1. The van der Waals surface area contributed by atoms with E-state index >= 15 is 0 Å². The molecule has 0 saturated carbocycles. The van der Waals surface area contributed by atoms with Gasteiger partial charge >= 0.3 is 5.69 Å². The highest BCUT2D eigenvalue weighted by atomic mass is 16.6. The number of amides is 1. The largest absolute Gasteiger partial charge is 0.320 e. The van der Waals surface area contributed by atoms with Crippen LogP contribution < -0.4 is 5.32 Å². The van der Waals surface area contributed by atoms with Crippen molar-refractivity contribution in [2.75, 3.05) is 5.32 Å². The lowest BCUT2D eigenvalue weighted by Crippen LogP contribution is -2.15. The summed E-state index contributed by atoms with van der Waals surface area (Å²) < 4.78 is 1.25. The Morgan fingerprint density at radius 3 is 2.75 bits per heavy atom. The molecule has 20 heavy (non-hydrogen) atoms. The van der Waals surface area contributed by atoms with Crippen molar-refractivity contribution in [3.63, 3.8) is 0 Å². The molecule has 1 amide bonds. The third-order valence-electron chi connectivity index (χ3n) is 2.86. The number of benzene rings is 1. The molecule has 0 fully saturated rings. The maximum atomic E-state index is 12.1. The quantitative estimate of drug-likeness (QED) is 0.686. The van der Waals surface area contributed by atoms with Crippen LogP contribution in [0.5, 0.6) is 0 Å². The van der Waals surface area contributed by atoms with Gasteiger partial charge in [-0.05, 0) is 31.0 Å². The highest BCUT2D eigenvalue weighted by molar-refractivity contribution is 6.05. The van der Waals surface area contributed by atoms with Crippen molar-refractivity contribution in [2.45, 2.75) is 13.8 Å². The Balaban J connectivity index is 2.33. The zero-order chi connectivity index (χ0) is 14.9. The first-order valence-electron chi connectivity index (χ1n) is 5.95. The normalized spacial score (nSPS) is 10.3. The third kappa shape index (κ3) is 2.66. The van der Waals surface area contributed by atoms with Crippen LogP contribution in [0.4, 0.5) is 11.4 Å². The van der Waals surface area contributed by atoms with Crippen LogP contribution in [-0.4, -0.2) is 20.6 Å². The first-order valence-corrected chi connectivity index (χ1v) is 5.95. The highest BCUT2D eigenvalue weighted by Crippen LogP contribution is 2.20. The molecule has 7 nitrogen and oxygen atoms in total. The second-order valence-electron chi connectivity index (χ2n) is 4.57. The lowest BCUT2D eigenvalue weighted by Gasteiger charge is -2.07. The third-order valence-corrected chi connectivity index (χ3v) is 2.86. The second kappa shape index (κ2) is 5.12. The van der Waals surface area contributed by atoms with Crippen molar-refractivity contribution in [3.05, 3.63) is 51.3 Å². The molecule has 0 radical (unpaired) electrons. The van der Waals surface area contributed by atoms with Crippen LogP contribution >= 0.6 is 0 Å². The first kappa shape index (κ1) is 13.7. The molecule has 7 heteroatoms. The summed E-state index contributed by atoms with van der Waals surface area (Å²) >= 11 is 0. The van der Waals surface area contributed by atoms with Crippen LogP contribution in [0.15, 0.2) is 24.4 Å². The Morgan fingerprint density at radius 2 is 2.10 bits per heavy atom. The van der Waals surface area contributed by atoms with Crippen molar-refractivity contribution in [2.24, 2.45) is 7.05 Å². The van der Waals surface area contributed by atoms with Gasteiger partial charge in [0.1, 0.15) is 6.20 Å². The zero-order valence-corrected chi connectivity index (χ0v) is 11.4. The predicted octanol–water partition coefficient (Wildman–Crippen LogP) is 2.20. The number of nitro groups is 1. The van der Waals surface area contributed by atoms with Gasteiger partial charge in [-0.3, -0.25) is 19.6 Å². The molecule has 0 aliphatic rings. The van der Waals surface area contributed by atoms with Gasteiger partial charge in [-0.1, -0.05) is 12.1 Å². The van der Waals surface area contributed by atoms with E-state index in [2.05, 4.69) is 10.4 Å². The number of hydrogen-bond donors (Lipinski definition) is 1. The number of rotatable bonds is 3. The molecule has 0 aliphatic heterocycles. The SMILES string of the molecule is Cc1ccc(C)c(NC(=O)c2nn(C)cc2[N+](=O)[O-])c1. The average Bonchev–Trinajstić information content (AvgIpc) is 2.76. The van der Waals surface area contributed by atoms with Gasteiger partial charge in [0, 0.05) is 12.7 Å². The Bertz CT molecular complexity index is 691. The van der Waals surface area contributed by atoms with Crippen LogP contribution in [0.1, 0.15) is 21.6 Å². The van der Waals surface area contributed by atoms with Gasteiger partial charge in [-0.2, -0.15) is 5.10 Å². The molecular formula is C13H14N4O3. The fraction of sp³-hybridized carbons (Fsp3) is 0.231. The zero-order valence-electron chi connectivity index (χ0n) is 11.4. The molecule has 104 valence electrons. The summed E-state index contributed by atoms with van der Waals surface area (Å²) in [7, 11) is 1.53. The summed E-state index contributed by atoms with van der Waals surface area (Å²) in [6, 6.07) is 5.61. The minimum Gasteiger partial charge on any atom is -0.320 e. The van der Waals surface area contributed by atoms with Gasteiger partial charge in [0.2, 0.25) is 5.69 Å². The Kier molecular flexibility index (Phi) is 3.51. The number of anilines is 1. The number of carbonyl (C=O) groups is 1. The van der Waals surface area contributed by atoms with Gasteiger partial charge in [0.15, 0.2) is 0 Å². The molecule has 0 atom stereocenters. The number of aromatic nitrogens is 2. The molecule has 1 N–H and O–H groups in total. The van der Waals surface area contributed by atoms with E-state index in [0.717, 1.165) is 11.1 Å². The number of hydrogen-bond acceptors (Lipinski definition) is 4.